The fourth-order valence-corrected chi connectivity index (χ4v) is 3.54. The Hall–Kier alpha value is -3.57. The maximum absolute atomic E-state index is 13.1. The van der Waals surface area contributed by atoms with Crippen LogP contribution in [0.15, 0.2) is 72.8 Å². The summed E-state index contributed by atoms with van der Waals surface area (Å²) in [6, 6.07) is 21.2. The number of aromatic hydroxyl groups is 1. The topological polar surface area (TPSA) is 68.5 Å². The molecule has 0 fully saturated rings. The highest BCUT2D eigenvalue weighted by Gasteiger charge is 2.25. The van der Waals surface area contributed by atoms with E-state index in [0.29, 0.717) is 33.8 Å². The van der Waals surface area contributed by atoms with Crippen LogP contribution in [0.3, 0.4) is 0 Å². The number of aromatic nitrogens is 1. The molecular formula is C24H18ClNO4. The van der Waals surface area contributed by atoms with Gasteiger partial charge in [0.25, 0.3) is 0 Å². The minimum absolute atomic E-state index is 0.0646. The molecule has 1 heterocycles. The van der Waals surface area contributed by atoms with Gasteiger partial charge in [-0.05, 0) is 42.0 Å². The smallest absolute Gasteiger partial charge is 0.230 e. The van der Waals surface area contributed by atoms with E-state index in [9.17, 15) is 14.7 Å². The number of rotatable bonds is 5. The molecule has 0 unspecified atom stereocenters. The van der Waals surface area contributed by atoms with E-state index in [2.05, 4.69) is 0 Å². The monoisotopic (exact) mass is 419 g/mol. The summed E-state index contributed by atoms with van der Waals surface area (Å²) in [5.41, 5.74) is 1.86. The highest BCUT2D eigenvalue weighted by atomic mass is 35.5. The van der Waals surface area contributed by atoms with Crippen LogP contribution in [0, 0.1) is 0 Å². The summed E-state index contributed by atoms with van der Waals surface area (Å²) >= 11 is 6.04. The first-order chi connectivity index (χ1) is 14.5. The molecule has 0 spiro atoms. The quantitative estimate of drug-likeness (QED) is 0.435. The minimum Gasteiger partial charge on any atom is -0.494 e. The lowest BCUT2D eigenvalue weighted by Gasteiger charge is -2.07. The number of hydrogen-bond acceptors (Lipinski definition) is 4. The zero-order valence-electron chi connectivity index (χ0n) is 16.1. The third kappa shape index (κ3) is 3.67. The standard InChI is InChI=1S/C24H18ClNO4/c1-15(27)26-21-13-18(25)9-12-20(21)22(24(26)29)23(28)17-7-10-19(11-8-17)30-14-16-5-3-2-4-6-16/h2-13,29H,14H2,1H3. The van der Waals surface area contributed by atoms with Crippen LogP contribution in [-0.4, -0.2) is 21.4 Å². The van der Waals surface area contributed by atoms with E-state index >= 15 is 0 Å². The van der Waals surface area contributed by atoms with Crippen molar-refractivity contribution in [2.45, 2.75) is 13.5 Å². The van der Waals surface area contributed by atoms with Gasteiger partial charge in [0.2, 0.25) is 11.8 Å². The van der Waals surface area contributed by atoms with E-state index in [1.54, 1.807) is 42.5 Å². The second-order valence-corrected chi connectivity index (χ2v) is 7.28. The average molecular weight is 420 g/mol. The molecule has 0 amide bonds. The van der Waals surface area contributed by atoms with Crippen molar-refractivity contribution < 1.29 is 19.4 Å². The number of ketones is 1. The van der Waals surface area contributed by atoms with Crippen molar-refractivity contribution in [1.29, 1.82) is 0 Å². The van der Waals surface area contributed by atoms with Gasteiger partial charge in [-0.25, -0.2) is 4.57 Å². The first-order valence-corrected chi connectivity index (χ1v) is 9.69. The molecule has 1 N–H and O–H groups in total. The molecule has 150 valence electrons. The Morgan fingerprint density at radius 2 is 1.70 bits per heavy atom. The number of carbonyl (C=O) groups is 2. The second kappa shape index (κ2) is 8.05. The van der Waals surface area contributed by atoms with Gasteiger partial charge in [-0.15, -0.1) is 0 Å². The fourth-order valence-electron chi connectivity index (χ4n) is 3.38. The van der Waals surface area contributed by atoms with E-state index in [1.165, 1.54) is 6.92 Å². The van der Waals surface area contributed by atoms with Crippen LogP contribution in [-0.2, 0) is 6.61 Å². The van der Waals surface area contributed by atoms with Crippen LogP contribution < -0.4 is 4.74 Å². The van der Waals surface area contributed by atoms with Gasteiger partial charge in [0.05, 0.1) is 11.1 Å². The van der Waals surface area contributed by atoms with Gasteiger partial charge >= 0.3 is 0 Å². The lowest BCUT2D eigenvalue weighted by molar-refractivity contribution is 0.0933. The van der Waals surface area contributed by atoms with E-state index in [1.807, 2.05) is 30.3 Å². The molecular weight excluding hydrogens is 402 g/mol. The van der Waals surface area contributed by atoms with Crippen molar-refractivity contribution in [3.63, 3.8) is 0 Å². The first-order valence-electron chi connectivity index (χ1n) is 9.31. The molecule has 4 rings (SSSR count). The van der Waals surface area contributed by atoms with Crippen LogP contribution in [0.1, 0.15) is 33.2 Å². The lowest BCUT2D eigenvalue weighted by Crippen LogP contribution is -2.06. The van der Waals surface area contributed by atoms with Gasteiger partial charge in [0.15, 0.2) is 5.78 Å². The highest BCUT2D eigenvalue weighted by Crippen LogP contribution is 2.34. The third-order valence-electron chi connectivity index (χ3n) is 4.81. The van der Waals surface area contributed by atoms with Gasteiger partial charge in [-0.3, -0.25) is 9.59 Å². The highest BCUT2D eigenvalue weighted by molar-refractivity contribution is 6.31. The lowest BCUT2D eigenvalue weighted by atomic mass is 10.0. The predicted molar refractivity (Wildman–Crippen MR) is 116 cm³/mol. The average Bonchev–Trinajstić information content (AvgIpc) is 3.04. The number of hydrogen-bond donors (Lipinski definition) is 1. The number of ether oxygens (including phenoxy) is 1. The predicted octanol–water partition coefficient (Wildman–Crippen LogP) is 5.47. The van der Waals surface area contributed by atoms with Crippen molar-refractivity contribution in [3.05, 3.63) is 94.5 Å². The zero-order valence-corrected chi connectivity index (χ0v) is 16.9. The van der Waals surface area contributed by atoms with E-state index in [4.69, 9.17) is 16.3 Å². The third-order valence-corrected chi connectivity index (χ3v) is 5.05. The maximum atomic E-state index is 13.1. The minimum atomic E-state index is -0.413. The van der Waals surface area contributed by atoms with Crippen LogP contribution in [0.25, 0.3) is 10.9 Å². The first kappa shape index (κ1) is 19.7. The van der Waals surface area contributed by atoms with E-state index in [-0.39, 0.29) is 5.56 Å². The summed E-state index contributed by atoms with van der Waals surface area (Å²) in [7, 11) is 0. The van der Waals surface area contributed by atoms with Crippen molar-refractivity contribution >= 4 is 34.2 Å². The van der Waals surface area contributed by atoms with Gasteiger partial charge in [0.1, 0.15) is 12.4 Å². The number of carbonyl (C=O) groups excluding carboxylic acids is 2. The van der Waals surface area contributed by atoms with Gasteiger partial charge in [0, 0.05) is 22.9 Å². The van der Waals surface area contributed by atoms with Crippen LogP contribution in [0.4, 0.5) is 0 Å². The molecule has 3 aromatic carbocycles. The molecule has 5 nitrogen and oxygen atoms in total. The zero-order chi connectivity index (χ0) is 21.3. The number of nitrogens with zero attached hydrogens (tertiary/aromatic N) is 1. The van der Waals surface area contributed by atoms with Crippen LogP contribution >= 0.6 is 11.6 Å². The molecule has 6 heteroatoms. The molecule has 0 aliphatic rings. The van der Waals surface area contributed by atoms with Crippen molar-refractivity contribution in [2.75, 3.05) is 0 Å². The van der Waals surface area contributed by atoms with E-state index in [0.717, 1.165) is 10.1 Å². The van der Waals surface area contributed by atoms with Crippen molar-refractivity contribution in [3.8, 4) is 11.6 Å². The second-order valence-electron chi connectivity index (χ2n) is 6.84. The van der Waals surface area contributed by atoms with Gasteiger partial charge in [-0.2, -0.15) is 0 Å². The molecule has 0 saturated carbocycles. The molecule has 4 aromatic rings. The van der Waals surface area contributed by atoms with Gasteiger partial charge in [-0.1, -0.05) is 48.0 Å². The summed E-state index contributed by atoms with van der Waals surface area (Å²) in [4.78, 5) is 25.2. The molecule has 0 aliphatic carbocycles. The Kier molecular flexibility index (Phi) is 5.29. The Labute approximate surface area is 178 Å². The molecule has 0 atom stereocenters. The Bertz CT molecular complexity index is 1240. The molecule has 1 aromatic heterocycles. The van der Waals surface area contributed by atoms with Crippen LogP contribution in [0.2, 0.25) is 5.02 Å². The van der Waals surface area contributed by atoms with E-state index < -0.39 is 17.6 Å². The Morgan fingerprint density at radius 3 is 2.37 bits per heavy atom. The molecule has 30 heavy (non-hydrogen) atoms. The normalized spacial score (nSPS) is 10.9. The number of fused-ring (bicyclic) bond motifs is 1. The Morgan fingerprint density at radius 1 is 1.00 bits per heavy atom. The summed E-state index contributed by atoms with van der Waals surface area (Å²) in [6.07, 6.45) is 0. The van der Waals surface area contributed by atoms with Crippen molar-refractivity contribution in [2.24, 2.45) is 0 Å². The number of halogens is 1. The summed E-state index contributed by atoms with van der Waals surface area (Å²) in [6.45, 7) is 1.73. The largest absolute Gasteiger partial charge is 0.494 e. The SMILES string of the molecule is CC(=O)n1c(O)c(C(=O)c2ccc(OCc3ccccc3)cc2)c2ccc(Cl)cc21. The summed E-state index contributed by atoms with van der Waals surface area (Å²) in [5, 5.41) is 11.5. The molecule has 0 bridgehead atoms. The van der Waals surface area contributed by atoms with Crippen molar-refractivity contribution in [1.82, 2.24) is 4.57 Å². The maximum Gasteiger partial charge on any atom is 0.230 e. The Balaban J connectivity index is 1.64. The summed E-state index contributed by atoms with van der Waals surface area (Å²) in [5.74, 6) is -0.579. The number of benzene rings is 3. The molecule has 0 radical (unpaired) electrons. The summed E-state index contributed by atoms with van der Waals surface area (Å²) < 4.78 is 6.84. The molecule has 0 aliphatic heterocycles. The fraction of sp³-hybridized carbons (Fsp3) is 0.0833. The van der Waals surface area contributed by atoms with Crippen LogP contribution in [0.5, 0.6) is 11.6 Å². The molecule has 0 saturated heterocycles. The van der Waals surface area contributed by atoms with Gasteiger partial charge < -0.3 is 9.84 Å².